The van der Waals surface area contributed by atoms with Crippen LogP contribution in [0.4, 0.5) is 11.4 Å². The van der Waals surface area contributed by atoms with Gasteiger partial charge in [-0.15, -0.1) is 0 Å². The molecule has 0 spiro atoms. The highest BCUT2D eigenvalue weighted by Crippen LogP contribution is 2.54. The van der Waals surface area contributed by atoms with E-state index in [4.69, 9.17) is 18.0 Å². The van der Waals surface area contributed by atoms with E-state index in [0.717, 1.165) is 0 Å². The lowest BCUT2D eigenvalue weighted by Crippen LogP contribution is -2.65. The van der Waals surface area contributed by atoms with E-state index in [-0.39, 0.29) is 46.1 Å². The molecule has 3 aliphatic carbocycles. The lowest BCUT2D eigenvalue weighted by Gasteiger charge is -2.50. The molecule has 2 unspecified atom stereocenters. The number of hydrogen-bond acceptors (Lipinski definition) is 10. The van der Waals surface area contributed by atoms with Crippen molar-refractivity contribution < 1.29 is 34.8 Å². The topological polar surface area (TPSA) is 189 Å². The van der Waals surface area contributed by atoms with Gasteiger partial charge in [0.15, 0.2) is 16.5 Å². The first-order valence-electron chi connectivity index (χ1n) is 13.1. The molecule has 4 atom stereocenters. The quantitative estimate of drug-likeness (QED) is 0.151. The predicted molar refractivity (Wildman–Crippen MR) is 158 cm³/mol. The van der Waals surface area contributed by atoms with Gasteiger partial charge in [0.05, 0.1) is 17.3 Å². The second-order valence-electron chi connectivity index (χ2n) is 12.3. The van der Waals surface area contributed by atoms with Gasteiger partial charge in [-0.1, -0.05) is 0 Å². The number of benzene rings is 1. The van der Waals surface area contributed by atoms with Crippen molar-refractivity contribution in [2.45, 2.75) is 50.8 Å². The maximum atomic E-state index is 14.1. The summed E-state index contributed by atoms with van der Waals surface area (Å²) in [6.45, 7) is 5.74. The fraction of sp³-hybridized carbons (Fsp3) is 0.500. The third-order valence-corrected chi connectivity index (χ3v) is 8.12. The number of anilines is 2. The van der Waals surface area contributed by atoms with Gasteiger partial charge in [-0.3, -0.25) is 19.3 Å². The lowest BCUT2D eigenvalue weighted by atomic mass is 9.57. The van der Waals surface area contributed by atoms with E-state index in [0.29, 0.717) is 11.3 Å². The maximum absolute atomic E-state index is 14.1. The highest BCUT2D eigenvalue weighted by Gasteiger charge is 2.64. The minimum Gasteiger partial charge on any atom is -0.508 e. The van der Waals surface area contributed by atoms with Crippen LogP contribution in [-0.4, -0.2) is 93.3 Å². The zero-order chi connectivity index (χ0) is 30.9. The molecule has 0 saturated heterocycles. The number of aromatic hydroxyl groups is 1. The van der Waals surface area contributed by atoms with Crippen LogP contribution in [0.15, 0.2) is 23.0 Å². The van der Waals surface area contributed by atoms with Crippen molar-refractivity contribution in [2.75, 3.05) is 38.4 Å². The van der Waals surface area contributed by atoms with Gasteiger partial charge in [0.2, 0.25) is 5.78 Å². The SMILES string of the molecule is CN(C)c1cc(NC(=S)NC(C)(C)C)c(O)c2c1CC1CC3[C@H](N(C)C)C(=O)C(C(N)=O)=C(O)[C@@]3(O)C(=O)C1=C2O. The number of carbonyl (C=O) groups is 3. The summed E-state index contributed by atoms with van der Waals surface area (Å²) < 4.78 is 0. The normalized spacial score (nSPS) is 25.9. The van der Waals surface area contributed by atoms with Gasteiger partial charge in [0, 0.05) is 36.8 Å². The number of amides is 1. The summed E-state index contributed by atoms with van der Waals surface area (Å²) in [5.74, 6) is -7.00. The summed E-state index contributed by atoms with van der Waals surface area (Å²) in [6, 6.07) is 0.543. The third-order valence-electron chi connectivity index (χ3n) is 7.92. The van der Waals surface area contributed by atoms with Crippen molar-refractivity contribution >= 4 is 51.9 Å². The highest BCUT2D eigenvalue weighted by atomic mass is 32.1. The number of hydrogen-bond donors (Lipinski definition) is 7. The Bertz CT molecular complexity index is 1440. The Hall–Kier alpha value is -3.68. The van der Waals surface area contributed by atoms with Crippen LogP contribution in [0, 0.1) is 11.8 Å². The molecule has 0 aromatic heterocycles. The van der Waals surface area contributed by atoms with Crippen LogP contribution in [0.2, 0.25) is 0 Å². The number of thiocarbonyl (C=S) groups is 1. The number of Topliss-reactive ketones (excluding diaryl/α,β-unsaturated/α-hetero) is 2. The summed E-state index contributed by atoms with van der Waals surface area (Å²) in [6.07, 6.45) is 0.194. The molecule has 1 amide bonds. The predicted octanol–water partition coefficient (Wildman–Crippen LogP) is 1.11. The number of primary amides is 1. The molecule has 3 aliphatic rings. The fourth-order valence-electron chi connectivity index (χ4n) is 6.28. The van der Waals surface area contributed by atoms with Crippen molar-refractivity contribution in [1.82, 2.24) is 10.2 Å². The van der Waals surface area contributed by atoms with E-state index in [2.05, 4.69) is 10.6 Å². The van der Waals surface area contributed by atoms with Crippen LogP contribution in [0.1, 0.15) is 38.3 Å². The molecule has 0 aliphatic heterocycles. The molecule has 0 radical (unpaired) electrons. The van der Waals surface area contributed by atoms with Gasteiger partial charge in [0.25, 0.3) is 5.91 Å². The summed E-state index contributed by atoms with van der Waals surface area (Å²) in [5.41, 5.74) is 2.59. The van der Waals surface area contributed by atoms with Gasteiger partial charge in [0.1, 0.15) is 22.8 Å². The van der Waals surface area contributed by atoms with Crippen molar-refractivity contribution in [3.63, 3.8) is 0 Å². The lowest BCUT2D eigenvalue weighted by molar-refractivity contribution is -0.153. The Labute approximate surface area is 243 Å². The molecule has 12 nitrogen and oxygen atoms in total. The van der Waals surface area contributed by atoms with Crippen LogP contribution in [0.25, 0.3) is 5.76 Å². The van der Waals surface area contributed by atoms with Gasteiger partial charge >= 0.3 is 0 Å². The van der Waals surface area contributed by atoms with Gasteiger partial charge in [-0.25, -0.2) is 0 Å². The fourth-order valence-corrected chi connectivity index (χ4v) is 6.70. The average molecular weight is 588 g/mol. The van der Waals surface area contributed by atoms with E-state index in [9.17, 15) is 34.8 Å². The van der Waals surface area contributed by atoms with E-state index in [1.807, 2.05) is 20.8 Å². The molecule has 1 aromatic rings. The largest absolute Gasteiger partial charge is 0.508 e. The van der Waals surface area contributed by atoms with Crippen LogP contribution in [0.3, 0.4) is 0 Å². The molecule has 222 valence electrons. The number of rotatable bonds is 4. The first-order valence-corrected chi connectivity index (χ1v) is 13.5. The van der Waals surface area contributed by atoms with Crippen LogP contribution < -0.4 is 21.3 Å². The minimum atomic E-state index is -2.70. The summed E-state index contributed by atoms with van der Waals surface area (Å²) in [7, 11) is 6.70. The van der Waals surface area contributed by atoms with Crippen LogP contribution in [-0.2, 0) is 20.8 Å². The monoisotopic (exact) mass is 587 g/mol. The number of aliphatic hydroxyl groups is 3. The highest BCUT2D eigenvalue weighted by molar-refractivity contribution is 7.80. The molecule has 41 heavy (non-hydrogen) atoms. The summed E-state index contributed by atoms with van der Waals surface area (Å²) >= 11 is 5.40. The molecule has 1 saturated carbocycles. The average Bonchev–Trinajstić information content (AvgIpc) is 2.81. The maximum Gasteiger partial charge on any atom is 0.255 e. The second kappa shape index (κ2) is 10.00. The number of phenolic OH excluding ortho intramolecular Hbond substituents is 1. The molecule has 0 heterocycles. The smallest absolute Gasteiger partial charge is 0.255 e. The molecule has 1 aromatic carbocycles. The number of fused-ring (bicyclic) bond motifs is 3. The Kier molecular flexibility index (Phi) is 7.38. The van der Waals surface area contributed by atoms with E-state index >= 15 is 0 Å². The first-order chi connectivity index (χ1) is 18.8. The summed E-state index contributed by atoms with van der Waals surface area (Å²) in [5, 5.41) is 52.0. The molecule has 1 fully saturated rings. The minimum absolute atomic E-state index is 0.0129. The van der Waals surface area contributed by atoms with Crippen LogP contribution in [0.5, 0.6) is 5.75 Å². The Balaban J connectivity index is 1.93. The second-order valence-corrected chi connectivity index (χ2v) is 12.7. The molecule has 0 bridgehead atoms. The first kappa shape index (κ1) is 30.3. The van der Waals surface area contributed by atoms with Gasteiger partial charge in [-0.05, 0) is 77.5 Å². The number of nitrogens with zero attached hydrogens (tertiary/aromatic N) is 2. The van der Waals surface area contributed by atoms with Crippen molar-refractivity contribution in [3.8, 4) is 5.75 Å². The number of nitrogens with two attached hydrogens (primary N) is 1. The van der Waals surface area contributed by atoms with E-state index in [1.54, 1.807) is 39.2 Å². The molecular formula is C28H37N5O7S. The zero-order valence-corrected chi connectivity index (χ0v) is 24.9. The molecule has 8 N–H and O–H groups in total. The van der Waals surface area contributed by atoms with E-state index < -0.39 is 58.0 Å². The number of likely N-dealkylation sites (N-methyl/N-ethyl adjacent to an activating group) is 1. The third kappa shape index (κ3) is 4.71. The number of ketones is 2. The van der Waals surface area contributed by atoms with Crippen molar-refractivity contribution in [3.05, 3.63) is 34.1 Å². The van der Waals surface area contributed by atoms with Gasteiger partial charge < -0.3 is 41.7 Å². The number of aliphatic hydroxyl groups excluding tert-OH is 2. The summed E-state index contributed by atoms with van der Waals surface area (Å²) in [4.78, 5) is 42.7. The molecular weight excluding hydrogens is 550 g/mol. The Morgan fingerprint density at radius 2 is 1.76 bits per heavy atom. The van der Waals surface area contributed by atoms with Gasteiger partial charge in [-0.2, -0.15) is 0 Å². The number of phenols is 1. The Morgan fingerprint density at radius 1 is 1.15 bits per heavy atom. The van der Waals surface area contributed by atoms with Crippen molar-refractivity contribution in [1.29, 1.82) is 0 Å². The standard InChI is InChI=1S/C28H37N5O7S/c1-27(2,3)31-26(41)30-14-10-15(32(4)5)12-8-11-9-13-19(33(6)7)22(36)18(25(29)39)24(38)28(13,40)23(37)16(11)21(35)17(12)20(14)34/h10-11,13,19,34-35,38,40H,8-9H2,1-7H3,(H2,29,39)(H2,30,31,41)/t11?,13?,19-,28-/m0/s1. The number of carbonyl (C=O) groups excluding carboxylic acids is 3. The Morgan fingerprint density at radius 3 is 2.27 bits per heavy atom. The number of nitrogens with one attached hydrogen (secondary N) is 2. The van der Waals surface area contributed by atoms with Crippen LogP contribution >= 0.6 is 12.2 Å². The molecule has 13 heteroatoms. The van der Waals surface area contributed by atoms with E-state index in [1.165, 1.54) is 4.90 Å². The molecule has 4 rings (SSSR count). The van der Waals surface area contributed by atoms with Crippen molar-refractivity contribution in [2.24, 2.45) is 17.6 Å². The zero-order valence-electron chi connectivity index (χ0n) is 24.1.